The van der Waals surface area contributed by atoms with Gasteiger partial charge in [0, 0.05) is 37.8 Å². The Labute approximate surface area is 167 Å². The highest BCUT2D eigenvalue weighted by Crippen LogP contribution is 2.28. The molecule has 1 aliphatic rings. The van der Waals surface area contributed by atoms with Crippen molar-refractivity contribution in [3.05, 3.63) is 35.9 Å². The fourth-order valence-corrected chi connectivity index (χ4v) is 4.45. The van der Waals surface area contributed by atoms with Crippen molar-refractivity contribution in [1.29, 1.82) is 0 Å². The van der Waals surface area contributed by atoms with Crippen molar-refractivity contribution in [3.8, 4) is 0 Å². The zero-order valence-corrected chi connectivity index (χ0v) is 17.1. The van der Waals surface area contributed by atoms with Crippen molar-refractivity contribution in [3.63, 3.8) is 0 Å². The van der Waals surface area contributed by atoms with Gasteiger partial charge in [0.25, 0.3) is 5.91 Å². The molecule has 27 heavy (non-hydrogen) atoms. The van der Waals surface area contributed by atoms with Crippen molar-refractivity contribution in [1.82, 2.24) is 20.4 Å². The summed E-state index contributed by atoms with van der Waals surface area (Å²) in [5.74, 6) is 0.409. The molecule has 0 saturated carbocycles. The SMILES string of the molecule is CC(C)NC(=O)CSc1nnc(N2CCN(C(=O)c3ccccc3)CC2)s1. The van der Waals surface area contributed by atoms with Gasteiger partial charge in [-0.25, -0.2) is 0 Å². The quantitative estimate of drug-likeness (QED) is 0.742. The number of nitrogens with zero attached hydrogens (tertiary/aromatic N) is 4. The van der Waals surface area contributed by atoms with Crippen molar-refractivity contribution in [2.45, 2.75) is 24.2 Å². The minimum atomic E-state index is -0.000196. The van der Waals surface area contributed by atoms with E-state index in [1.807, 2.05) is 49.1 Å². The van der Waals surface area contributed by atoms with Crippen LogP contribution < -0.4 is 10.2 Å². The predicted octanol–water partition coefficient (Wildman–Crippen LogP) is 2.12. The van der Waals surface area contributed by atoms with Gasteiger partial charge in [0.2, 0.25) is 11.0 Å². The largest absolute Gasteiger partial charge is 0.353 e. The third-order valence-electron chi connectivity index (χ3n) is 4.03. The number of thioether (sulfide) groups is 1. The van der Waals surface area contributed by atoms with E-state index < -0.39 is 0 Å². The normalized spacial score (nSPS) is 14.5. The Morgan fingerprint density at radius 3 is 2.52 bits per heavy atom. The average Bonchev–Trinajstić information content (AvgIpc) is 3.15. The van der Waals surface area contributed by atoms with E-state index in [0.29, 0.717) is 18.8 Å². The minimum absolute atomic E-state index is 0.000196. The van der Waals surface area contributed by atoms with Crippen molar-refractivity contribution < 1.29 is 9.59 Å². The van der Waals surface area contributed by atoms with Crippen LogP contribution >= 0.6 is 23.1 Å². The van der Waals surface area contributed by atoms with Gasteiger partial charge in [-0.05, 0) is 26.0 Å². The van der Waals surface area contributed by atoms with E-state index in [1.165, 1.54) is 23.1 Å². The number of amides is 2. The molecule has 1 aromatic heterocycles. The maximum Gasteiger partial charge on any atom is 0.253 e. The number of carbonyl (C=O) groups excluding carboxylic acids is 2. The molecule has 0 unspecified atom stereocenters. The number of aromatic nitrogens is 2. The van der Waals surface area contributed by atoms with E-state index in [1.54, 1.807) is 0 Å². The van der Waals surface area contributed by atoms with Gasteiger partial charge in [-0.3, -0.25) is 9.59 Å². The molecule has 2 aromatic rings. The van der Waals surface area contributed by atoms with Crippen molar-refractivity contribution in [2.75, 3.05) is 36.8 Å². The number of benzene rings is 1. The molecule has 0 aliphatic carbocycles. The summed E-state index contributed by atoms with van der Waals surface area (Å²) >= 11 is 2.89. The Balaban J connectivity index is 1.49. The van der Waals surface area contributed by atoms with Gasteiger partial charge in [0.05, 0.1) is 5.75 Å². The van der Waals surface area contributed by atoms with Crippen LogP contribution in [-0.2, 0) is 4.79 Å². The third-order valence-corrected chi connectivity index (χ3v) is 6.15. The van der Waals surface area contributed by atoms with E-state index in [2.05, 4.69) is 20.4 Å². The first-order valence-electron chi connectivity index (χ1n) is 8.88. The molecule has 1 fully saturated rings. The Hall–Kier alpha value is -2.13. The van der Waals surface area contributed by atoms with Crippen LogP contribution in [0.3, 0.4) is 0 Å². The first-order chi connectivity index (χ1) is 13.0. The van der Waals surface area contributed by atoms with E-state index in [9.17, 15) is 9.59 Å². The summed E-state index contributed by atoms with van der Waals surface area (Å²) in [7, 11) is 0. The van der Waals surface area contributed by atoms with Gasteiger partial charge in [0.1, 0.15) is 0 Å². The lowest BCUT2D eigenvalue weighted by Gasteiger charge is -2.34. The summed E-state index contributed by atoms with van der Waals surface area (Å²) in [5.41, 5.74) is 0.722. The average molecular weight is 406 g/mol. The summed E-state index contributed by atoms with van der Waals surface area (Å²) in [5, 5.41) is 12.1. The Bertz CT molecular complexity index is 773. The van der Waals surface area contributed by atoms with Gasteiger partial charge in [-0.2, -0.15) is 0 Å². The Kier molecular flexibility index (Phi) is 6.68. The molecular weight excluding hydrogens is 382 g/mol. The van der Waals surface area contributed by atoms with Crippen LogP contribution in [0.25, 0.3) is 0 Å². The topological polar surface area (TPSA) is 78.4 Å². The molecule has 0 atom stereocenters. The van der Waals surface area contributed by atoms with Crippen LogP contribution in [0.4, 0.5) is 5.13 Å². The van der Waals surface area contributed by atoms with Crippen molar-refractivity contribution in [2.24, 2.45) is 0 Å². The zero-order chi connectivity index (χ0) is 19.2. The van der Waals surface area contributed by atoms with Crippen LogP contribution in [0.1, 0.15) is 24.2 Å². The maximum absolute atomic E-state index is 12.5. The zero-order valence-electron chi connectivity index (χ0n) is 15.4. The highest BCUT2D eigenvalue weighted by molar-refractivity contribution is 8.01. The summed E-state index contributed by atoms with van der Waals surface area (Å²) in [6.45, 7) is 6.65. The van der Waals surface area contributed by atoms with Crippen molar-refractivity contribution >= 4 is 40.0 Å². The Morgan fingerprint density at radius 2 is 1.85 bits per heavy atom. The number of carbonyl (C=O) groups is 2. The molecule has 0 bridgehead atoms. The van der Waals surface area contributed by atoms with Gasteiger partial charge in [-0.1, -0.05) is 41.3 Å². The van der Waals surface area contributed by atoms with Crippen LogP contribution in [0.5, 0.6) is 0 Å². The molecule has 1 N–H and O–H groups in total. The van der Waals surface area contributed by atoms with Crippen LogP contribution in [0.15, 0.2) is 34.7 Å². The standard InChI is InChI=1S/C18H23N5O2S2/c1-13(2)19-15(24)12-26-18-21-20-17(27-18)23-10-8-22(9-11-23)16(25)14-6-4-3-5-7-14/h3-7,13H,8-12H2,1-2H3,(H,19,24). The van der Waals surface area contributed by atoms with Gasteiger partial charge < -0.3 is 15.1 Å². The smallest absolute Gasteiger partial charge is 0.253 e. The van der Waals surface area contributed by atoms with E-state index in [0.717, 1.165) is 28.1 Å². The summed E-state index contributed by atoms with van der Waals surface area (Å²) < 4.78 is 0.784. The molecule has 1 saturated heterocycles. The van der Waals surface area contributed by atoms with Crippen LogP contribution in [0.2, 0.25) is 0 Å². The second-order valence-electron chi connectivity index (χ2n) is 6.51. The number of hydrogen-bond acceptors (Lipinski definition) is 7. The molecule has 2 heterocycles. The Morgan fingerprint density at radius 1 is 1.15 bits per heavy atom. The molecule has 1 aliphatic heterocycles. The van der Waals surface area contributed by atoms with Crippen LogP contribution in [0, 0.1) is 0 Å². The summed E-state index contributed by atoms with van der Waals surface area (Å²) in [6, 6.07) is 9.50. The number of piperazine rings is 1. The van der Waals surface area contributed by atoms with Gasteiger partial charge in [0.15, 0.2) is 4.34 Å². The molecule has 0 radical (unpaired) electrons. The predicted molar refractivity (Wildman–Crippen MR) is 108 cm³/mol. The highest BCUT2D eigenvalue weighted by Gasteiger charge is 2.24. The third kappa shape index (κ3) is 5.43. The fraction of sp³-hybridized carbons (Fsp3) is 0.444. The maximum atomic E-state index is 12.5. The second kappa shape index (κ2) is 9.18. The van der Waals surface area contributed by atoms with Gasteiger partial charge >= 0.3 is 0 Å². The van der Waals surface area contributed by atoms with E-state index >= 15 is 0 Å². The van der Waals surface area contributed by atoms with Crippen LogP contribution in [-0.4, -0.2) is 64.9 Å². The number of rotatable bonds is 6. The lowest BCUT2D eigenvalue weighted by atomic mass is 10.2. The number of nitrogens with one attached hydrogen (secondary N) is 1. The van der Waals surface area contributed by atoms with Gasteiger partial charge in [-0.15, -0.1) is 10.2 Å². The molecule has 3 rings (SSSR count). The molecule has 9 heteroatoms. The fourth-order valence-electron chi connectivity index (χ4n) is 2.74. The monoisotopic (exact) mass is 405 g/mol. The highest BCUT2D eigenvalue weighted by atomic mass is 32.2. The molecule has 2 amide bonds. The van der Waals surface area contributed by atoms with E-state index in [-0.39, 0.29) is 17.9 Å². The summed E-state index contributed by atoms with van der Waals surface area (Å²) in [4.78, 5) is 28.3. The second-order valence-corrected chi connectivity index (χ2v) is 8.69. The summed E-state index contributed by atoms with van der Waals surface area (Å²) in [6.07, 6.45) is 0. The molecule has 7 nitrogen and oxygen atoms in total. The lowest BCUT2D eigenvalue weighted by molar-refractivity contribution is -0.119. The molecule has 0 spiro atoms. The molecule has 1 aromatic carbocycles. The number of anilines is 1. The molecular formula is C18H23N5O2S2. The first-order valence-corrected chi connectivity index (χ1v) is 10.7. The lowest BCUT2D eigenvalue weighted by Crippen LogP contribution is -2.48. The van der Waals surface area contributed by atoms with E-state index in [4.69, 9.17) is 0 Å². The first kappa shape index (κ1) is 19.6. The molecule has 144 valence electrons. The minimum Gasteiger partial charge on any atom is -0.353 e. The number of hydrogen-bond donors (Lipinski definition) is 1.